The number of fused-ring (bicyclic) bond motifs is 1. The molecule has 0 radical (unpaired) electrons. The van der Waals surface area contributed by atoms with Gasteiger partial charge in [-0.15, -0.1) is 0 Å². The monoisotopic (exact) mass is 479 g/mol. The molecule has 0 saturated heterocycles. The van der Waals surface area contributed by atoms with E-state index in [0.717, 1.165) is 12.4 Å². The highest BCUT2D eigenvalue weighted by Gasteiger charge is 2.34. The summed E-state index contributed by atoms with van der Waals surface area (Å²) in [5.41, 5.74) is 8.00. The van der Waals surface area contributed by atoms with Crippen molar-refractivity contribution in [3.8, 4) is 22.9 Å². The van der Waals surface area contributed by atoms with E-state index in [-0.39, 0.29) is 40.1 Å². The van der Waals surface area contributed by atoms with Crippen LogP contribution in [0.15, 0.2) is 55.4 Å². The molecule has 5 aromatic rings. The number of hydrogen-bond acceptors (Lipinski definition) is 7. The number of aromatic nitrogens is 7. The van der Waals surface area contributed by atoms with Crippen molar-refractivity contribution in [2.75, 3.05) is 5.73 Å². The first-order valence-electron chi connectivity index (χ1n) is 10.00. The molecule has 0 aliphatic carbocycles. The molecule has 35 heavy (non-hydrogen) atoms. The number of rotatable bonds is 4. The average molecular weight is 479 g/mol. The van der Waals surface area contributed by atoms with Gasteiger partial charge in [0.15, 0.2) is 5.82 Å². The second-order valence-corrected chi connectivity index (χ2v) is 7.43. The zero-order chi connectivity index (χ0) is 24.7. The highest BCUT2D eigenvalue weighted by molar-refractivity contribution is 5.92. The van der Waals surface area contributed by atoms with E-state index in [1.54, 1.807) is 24.4 Å². The Kier molecular flexibility index (Phi) is 5.13. The highest BCUT2D eigenvalue weighted by Crippen LogP contribution is 2.36. The van der Waals surface area contributed by atoms with Gasteiger partial charge in [-0.25, -0.2) is 28.5 Å². The maximum Gasteiger partial charge on any atom is 0.451 e. The summed E-state index contributed by atoms with van der Waals surface area (Å²) in [4.78, 5) is 10.7. The molecular formula is C22H13F4N9. The van der Waals surface area contributed by atoms with Gasteiger partial charge >= 0.3 is 6.18 Å². The second-order valence-electron chi connectivity index (χ2n) is 7.43. The summed E-state index contributed by atoms with van der Waals surface area (Å²) >= 11 is 0. The number of para-hydroxylation sites is 1. The van der Waals surface area contributed by atoms with Gasteiger partial charge in [-0.1, -0.05) is 12.1 Å². The molecule has 0 atom stereocenters. The van der Waals surface area contributed by atoms with Crippen LogP contribution in [0.2, 0.25) is 0 Å². The van der Waals surface area contributed by atoms with Crippen molar-refractivity contribution >= 4 is 11.3 Å². The normalized spacial score (nSPS) is 11.6. The number of halogens is 4. The molecule has 0 fully saturated rings. The molecule has 174 valence electrons. The molecule has 5 rings (SSSR count). The standard InChI is InChI=1S/C22H13F4N9/c23-15-3-1-2-4-16(15)34-10-12(7-32-34)5-17-14(6-27)18(19-20(28)31-11-33-35(17)19)13-8-29-21(30-9-13)22(24,25)26/h1-4,7-11H,5H2,(H2,28,31,33). The Hall–Kier alpha value is -4.86. The van der Waals surface area contributed by atoms with Crippen molar-refractivity contribution < 1.29 is 17.6 Å². The molecule has 0 unspecified atom stereocenters. The lowest BCUT2D eigenvalue weighted by atomic mass is 10.0. The lowest BCUT2D eigenvalue weighted by molar-refractivity contribution is -0.144. The van der Waals surface area contributed by atoms with E-state index in [4.69, 9.17) is 5.73 Å². The van der Waals surface area contributed by atoms with E-state index >= 15 is 0 Å². The van der Waals surface area contributed by atoms with Crippen LogP contribution in [0.4, 0.5) is 23.4 Å². The molecule has 0 aliphatic rings. The van der Waals surface area contributed by atoms with Crippen molar-refractivity contribution in [1.29, 1.82) is 5.26 Å². The van der Waals surface area contributed by atoms with E-state index in [1.807, 2.05) is 0 Å². The van der Waals surface area contributed by atoms with Crippen LogP contribution in [-0.4, -0.2) is 34.3 Å². The number of hydrogen-bond donors (Lipinski definition) is 1. The van der Waals surface area contributed by atoms with Gasteiger partial charge in [-0.2, -0.15) is 28.6 Å². The van der Waals surface area contributed by atoms with Crippen molar-refractivity contribution in [2.45, 2.75) is 12.6 Å². The Labute approximate surface area is 194 Å². The van der Waals surface area contributed by atoms with E-state index < -0.39 is 17.8 Å². The summed E-state index contributed by atoms with van der Waals surface area (Å²) in [5.74, 6) is -1.76. The number of nitrogens with two attached hydrogens (primary N) is 1. The number of benzene rings is 1. The van der Waals surface area contributed by atoms with Crippen LogP contribution in [-0.2, 0) is 12.6 Å². The van der Waals surface area contributed by atoms with Crippen LogP contribution >= 0.6 is 0 Å². The molecule has 0 aliphatic heterocycles. The van der Waals surface area contributed by atoms with Crippen LogP contribution in [0.1, 0.15) is 22.6 Å². The van der Waals surface area contributed by atoms with Gasteiger partial charge in [-0.3, -0.25) is 0 Å². The van der Waals surface area contributed by atoms with Gasteiger partial charge in [-0.05, 0) is 17.7 Å². The summed E-state index contributed by atoms with van der Waals surface area (Å²) in [5, 5.41) is 18.4. The van der Waals surface area contributed by atoms with Crippen molar-refractivity contribution in [3.05, 3.63) is 83.8 Å². The SMILES string of the molecule is N#Cc1c(-c2cnc(C(F)(F)F)nc2)c2c(N)ncnn2c1Cc1cnn(-c2ccccc2F)c1. The molecule has 0 spiro atoms. The van der Waals surface area contributed by atoms with E-state index in [1.165, 1.54) is 27.8 Å². The molecule has 4 heterocycles. The Morgan fingerprint density at radius 3 is 2.46 bits per heavy atom. The summed E-state index contributed by atoms with van der Waals surface area (Å²) < 4.78 is 55.7. The highest BCUT2D eigenvalue weighted by atomic mass is 19.4. The van der Waals surface area contributed by atoms with Crippen LogP contribution in [0.3, 0.4) is 0 Å². The summed E-state index contributed by atoms with van der Waals surface area (Å²) in [7, 11) is 0. The van der Waals surface area contributed by atoms with Gasteiger partial charge in [0.05, 0.1) is 17.5 Å². The van der Waals surface area contributed by atoms with Gasteiger partial charge in [0.25, 0.3) is 0 Å². The predicted molar refractivity (Wildman–Crippen MR) is 114 cm³/mol. The number of alkyl halides is 3. The van der Waals surface area contributed by atoms with Crippen molar-refractivity contribution in [2.24, 2.45) is 0 Å². The summed E-state index contributed by atoms with van der Waals surface area (Å²) in [6.07, 6.45) is 1.67. The Balaban J connectivity index is 1.64. The lowest BCUT2D eigenvalue weighted by Crippen LogP contribution is -2.10. The third-order valence-corrected chi connectivity index (χ3v) is 5.26. The van der Waals surface area contributed by atoms with Gasteiger partial charge in [0.2, 0.25) is 5.82 Å². The fourth-order valence-electron chi connectivity index (χ4n) is 3.76. The second kappa shape index (κ2) is 8.17. The Bertz CT molecular complexity index is 1590. The number of nitrogen functional groups attached to an aromatic ring is 1. The maximum atomic E-state index is 14.2. The third-order valence-electron chi connectivity index (χ3n) is 5.26. The third kappa shape index (κ3) is 3.80. The van der Waals surface area contributed by atoms with Crippen molar-refractivity contribution in [1.82, 2.24) is 34.3 Å². The minimum Gasteiger partial charge on any atom is -0.382 e. The fraction of sp³-hybridized carbons (Fsp3) is 0.0909. The molecule has 13 heteroatoms. The molecule has 2 N–H and O–H groups in total. The minimum atomic E-state index is -4.72. The fourth-order valence-corrected chi connectivity index (χ4v) is 3.76. The van der Waals surface area contributed by atoms with Crippen LogP contribution < -0.4 is 5.73 Å². The largest absolute Gasteiger partial charge is 0.451 e. The first-order valence-corrected chi connectivity index (χ1v) is 10.00. The first-order chi connectivity index (χ1) is 16.8. The molecule has 9 nitrogen and oxygen atoms in total. The topological polar surface area (TPSA) is 124 Å². The molecule has 1 aromatic carbocycles. The quantitative estimate of drug-likeness (QED) is 0.391. The molecular weight excluding hydrogens is 466 g/mol. The lowest BCUT2D eigenvalue weighted by Gasteiger charge is -2.06. The van der Waals surface area contributed by atoms with Crippen LogP contribution in [0.25, 0.3) is 22.3 Å². The minimum absolute atomic E-state index is 0.0136. The van der Waals surface area contributed by atoms with Crippen LogP contribution in [0, 0.1) is 17.1 Å². The summed E-state index contributed by atoms with van der Waals surface area (Å²) in [6, 6.07) is 8.19. The maximum absolute atomic E-state index is 14.2. The van der Waals surface area contributed by atoms with E-state index in [9.17, 15) is 22.8 Å². The smallest absolute Gasteiger partial charge is 0.382 e. The van der Waals surface area contributed by atoms with Gasteiger partial charge in [0, 0.05) is 36.1 Å². The summed E-state index contributed by atoms with van der Waals surface area (Å²) in [6.45, 7) is 0. The molecule has 0 bridgehead atoms. The number of nitriles is 1. The van der Waals surface area contributed by atoms with E-state index in [0.29, 0.717) is 11.3 Å². The molecule has 0 amide bonds. The van der Waals surface area contributed by atoms with E-state index in [2.05, 4.69) is 31.2 Å². The van der Waals surface area contributed by atoms with Crippen LogP contribution in [0.5, 0.6) is 0 Å². The van der Waals surface area contributed by atoms with Crippen molar-refractivity contribution in [3.63, 3.8) is 0 Å². The van der Waals surface area contributed by atoms with Gasteiger partial charge in [0.1, 0.15) is 29.4 Å². The number of anilines is 1. The Morgan fingerprint density at radius 1 is 1.03 bits per heavy atom. The first kappa shape index (κ1) is 22.0. The zero-order valence-corrected chi connectivity index (χ0v) is 17.6. The molecule has 4 aromatic heterocycles. The zero-order valence-electron chi connectivity index (χ0n) is 17.6. The molecule has 0 saturated carbocycles. The van der Waals surface area contributed by atoms with Gasteiger partial charge < -0.3 is 5.73 Å². The predicted octanol–water partition coefficient (Wildman–Crippen LogP) is 3.57. The average Bonchev–Trinajstić information content (AvgIpc) is 3.42. The number of nitrogens with zero attached hydrogens (tertiary/aromatic N) is 8. The Morgan fingerprint density at radius 2 is 1.77 bits per heavy atom.